The van der Waals surface area contributed by atoms with Crippen LogP contribution in [0.15, 0.2) is 59.5 Å². The van der Waals surface area contributed by atoms with Crippen LogP contribution in [-0.2, 0) is 21.5 Å². The Labute approximate surface area is 110 Å². The Morgan fingerprint density at radius 2 is 1.63 bits per heavy atom. The first-order valence-electron chi connectivity index (χ1n) is 5.51. The van der Waals surface area contributed by atoms with Crippen molar-refractivity contribution in [1.82, 2.24) is 4.89 Å². The Morgan fingerprint density at radius 1 is 1.00 bits per heavy atom. The van der Waals surface area contributed by atoms with Crippen molar-refractivity contribution in [2.24, 2.45) is 0 Å². The number of benzene rings is 2. The first-order chi connectivity index (χ1) is 9.09. The topological polar surface area (TPSA) is 55.4 Å². The van der Waals surface area contributed by atoms with E-state index in [0.717, 1.165) is 11.6 Å². The molecule has 0 aliphatic carbocycles. The minimum absolute atomic E-state index is 0.0640. The summed E-state index contributed by atoms with van der Waals surface area (Å²) in [5.74, 6) is -0.821. The molecule has 2 aromatic rings. The van der Waals surface area contributed by atoms with Gasteiger partial charge in [0.2, 0.25) is 0 Å². The van der Waals surface area contributed by atoms with Crippen LogP contribution in [0, 0.1) is 5.82 Å². The monoisotopic (exact) mass is 281 g/mol. The number of hydrogen-bond acceptors (Lipinski definition) is 3. The summed E-state index contributed by atoms with van der Waals surface area (Å²) in [7, 11) is -4.01. The molecule has 0 unspecified atom stereocenters. The SMILES string of the molecule is O=S(=O)(NOCc1ccccc1)c1ccccc1F. The summed E-state index contributed by atoms with van der Waals surface area (Å²) in [6.07, 6.45) is 0. The van der Waals surface area contributed by atoms with Gasteiger partial charge in [-0.25, -0.2) is 12.8 Å². The summed E-state index contributed by atoms with van der Waals surface area (Å²) in [4.78, 5) is 6.34. The van der Waals surface area contributed by atoms with E-state index in [1.807, 2.05) is 23.1 Å². The van der Waals surface area contributed by atoms with Gasteiger partial charge in [0.05, 0.1) is 6.61 Å². The van der Waals surface area contributed by atoms with Gasteiger partial charge in [-0.3, -0.25) is 4.84 Å². The predicted octanol–water partition coefficient (Wildman–Crippen LogP) is 2.24. The zero-order valence-electron chi connectivity index (χ0n) is 9.91. The fourth-order valence-electron chi connectivity index (χ4n) is 1.47. The predicted molar refractivity (Wildman–Crippen MR) is 68.0 cm³/mol. The van der Waals surface area contributed by atoms with Crippen molar-refractivity contribution >= 4 is 10.0 Å². The number of hydrogen-bond donors (Lipinski definition) is 1. The van der Waals surface area contributed by atoms with Gasteiger partial charge in [-0.05, 0) is 17.7 Å². The molecule has 0 aromatic heterocycles. The minimum Gasteiger partial charge on any atom is -0.282 e. The molecule has 0 saturated carbocycles. The lowest BCUT2D eigenvalue weighted by molar-refractivity contribution is 0.0794. The molecule has 0 heterocycles. The third-order valence-corrected chi connectivity index (χ3v) is 3.62. The maximum absolute atomic E-state index is 13.4. The Kier molecular flexibility index (Phi) is 4.26. The van der Waals surface area contributed by atoms with Crippen molar-refractivity contribution in [2.45, 2.75) is 11.5 Å². The van der Waals surface area contributed by atoms with Gasteiger partial charge in [-0.15, -0.1) is 0 Å². The van der Waals surface area contributed by atoms with Gasteiger partial charge >= 0.3 is 0 Å². The second-order valence-electron chi connectivity index (χ2n) is 3.79. The Hall–Kier alpha value is -1.76. The fraction of sp³-hybridized carbons (Fsp3) is 0.0769. The highest BCUT2D eigenvalue weighted by Crippen LogP contribution is 2.13. The maximum Gasteiger partial charge on any atom is 0.265 e. The van der Waals surface area contributed by atoms with Crippen molar-refractivity contribution in [3.63, 3.8) is 0 Å². The number of nitrogens with one attached hydrogen (secondary N) is 1. The second-order valence-corrected chi connectivity index (χ2v) is 5.40. The molecule has 0 spiro atoms. The molecule has 0 bridgehead atoms. The van der Waals surface area contributed by atoms with Crippen LogP contribution in [0.25, 0.3) is 0 Å². The zero-order valence-corrected chi connectivity index (χ0v) is 10.7. The molecular weight excluding hydrogens is 269 g/mol. The van der Waals surface area contributed by atoms with Crippen LogP contribution in [0.4, 0.5) is 4.39 Å². The summed E-state index contributed by atoms with van der Waals surface area (Å²) in [5, 5.41) is 0. The molecule has 0 saturated heterocycles. The Balaban J connectivity index is 2.01. The third-order valence-electron chi connectivity index (χ3n) is 2.38. The van der Waals surface area contributed by atoms with E-state index in [2.05, 4.69) is 0 Å². The molecule has 0 amide bonds. The summed E-state index contributed by atoms with van der Waals surface area (Å²) in [6.45, 7) is 0.0640. The Bertz CT molecular complexity index is 644. The van der Waals surface area contributed by atoms with Gasteiger partial charge in [0.15, 0.2) is 0 Å². The quantitative estimate of drug-likeness (QED) is 0.855. The van der Waals surface area contributed by atoms with Crippen molar-refractivity contribution in [1.29, 1.82) is 0 Å². The molecule has 0 fully saturated rings. The standard InChI is InChI=1S/C13H12FNO3S/c14-12-8-4-5-9-13(12)19(16,17)15-18-10-11-6-2-1-3-7-11/h1-9,15H,10H2. The molecule has 0 aliphatic rings. The molecule has 1 N–H and O–H groups in total. The lowest BCUT2D eigenvalue weighted by atomic mass is 10.2. The largest absolute Gasteiger partial charge is 0.282 e. The molecule has 100 valence electrons. The molecular formula is C13H12FNO3S. The number of sulfonamides is 1. The lowest BCUT2D eigenvalue weighted by Crippen LogP contribution is -2.24. The molecule has 6 heteroatoms. The molecule has 4 nitrogen and oxygen atoms in total. The van der Waals surface area contributed by atoms with Crippen LogP contribution >= 0.6 is 0 Å². The molecule has 19 heavy (non-hydrogen) atoms. The van der Waals surface area contributed by atoms with Gasteiger partial charge in [0.25, 0.3) is 10.0 Å². The van der Waals surface area contributed by atoms with Gasteiger partial charge in [0, 0.05) is 0 Å². The maximum atomic E-state index is 13.4. The fourth-order valence-corrected chi connectivity index (χ4v) is 2.36. The molecule has 2 rings (SSSR count). The minimum atomic E-state index is -4.01. The van der Waals surface area contributed by atoms with Crippen molar-refractivity contribution in [3.8, 4) is 0 Å². The van der Waals surface area contributed by atoms with Crippen molar-refractivity contribution in [3.05, 3.63) is 66.0 Å². The smallest absolute Gasteiger partial charge is 0.265 e. The highest BCUT2D eigenvalue weighted by molar-refractivity contribution is 7.89. The molecule has 0 atom stereocenters. The van der Waals surface area contributed by atoms with E-state index in [0.29, 0.717) is 0 Å². The van der Waals surface area contributed by atoms with Gasteiger partial charge in [-0.1, -0.05) is 47.3 Å². The van der Waals surface area contributed by atoms with Crippen LogP contribution in [0.3, 0.4) is 0 Å². The molecule has 2 aromatic carbocycles. The van der Waals surface area contributed by atoms with Crippen LogP contribution in [0.1, 0.15) is 5.56 Å². The van der Waals surface area contributed by atoms with Crippen LogP contribution < -0.4 is 4.89 Å². The van der Waals surface area contributed by atoms with E-state index in [1.54, 1.807) is 12.1 Å². The first-order valence-corrected chi connectivity index (χ1v) is 7.00. The summed E-state index contributed by atoms with van der Waals surface area (Å²) >= 11 is 0. The summed E-state index contributed by atoms with van der Waals surface area (Å²) in [6, 6.07) is 14.1. The summed E-state index contributed by atoms with van der Waals surface area (Å²) < 4.78 is 36.9. The van der Waals surface area contributed by atoms with Crippen molar-refractivity contribution in [2.75, 3.05) is 0 Å². The van der Waals surface area contributed by atoms with Crippen molar-refractivity contribution < 1.29 is 17.6 Å². The van der Waals surface area contributed by atoms with Gasteiger partial charge < -0.3 is 0 Å². The van der Waals surface area contributed by atoms with E-state index in [9.17, 15) is 12.8 Å². The second kappa shape index (κ2) is 5.92. The average Bonchev–Trinajstić information content (AvgIpc) is 2.40. The van der Waals surface area contributed by atoms with E-state index in [-0.39, 0.29) is 6.61 Å². The van der Waals surface area contributed by atoms with E-state index in [1.165, 1.54) is 18.2 Å². The summed E-state index contributed by atoms with van der Waals surface area (Å²) in [5.41, 5.74) is 0.804. The number of halogens is 1. The molecule has 0 radical (unpaired) electrons. The van der Waals surface area contributed by atoms with Gasteiger partial charge in [0.1, 0.15) is 10.7 Å². The highest BCUT2D eigenvalue weighted by Gasteiger charge is 2.18. The highest BCUT2D eigenvalue weighted by atomic mass is 32.2. The van der Waals surface area contributed by atoms with Crippen LogP contribution in [0.5, 0.6) is 0 Å². The first kappa shape index (κ1) is 13.7. The normalized spacial score (nSPS) is 11.4. The van der Waals surface area contributed by atoms with Crippen LogP contribution in [-0.4, -0.2) is 8.42 Å². The van der Waals surface area contributed by atoms with E-state index >= 15 is 0 Å². The number of rotatable bonds is 5. The average molecular weight is 281 g/mol. The molecule has 0 aliphatic heterocycles. The lowest BCUT2D eigenvalue weighted by Gasteiger charge is -2.07. The third kappa shape index (κ3) is 3.60. The van der Waals surface area contributed by atoms with E-state index in [4.69, 9.17) is 4.84 Å². The van der Waals surface area contributed by atoms with Crippen LogP contribution in [0.2, 0.25) is 0 Å². The van der Waals surface area contributed by atoms with Gasteiger partial charge in [-0.2, -0.15) is 0 Å². The van der Waals surface area contributed by atoms with E-state index < -0.39 is 20.7 Å². The zero-order chi connectivity index (χ0) is 13.7. The Morgan fingerprint density at radius 3 is 2.32 bits per heavy atom.